The van der Waals surface area contributed by atoms with Gasteiger partial charge in [-0.3, -0.25) is 0 Å². The van der Waals surface area contributed by atoms with Gasteiger partial charge in [0.15, 0.2) is 0 Å². The number of aliphatic carboxylic acids is 1. The Balaban J connectivity index is 2.92. The number of amides is 2. The molecule has 1 fully saturated rings. The predicted molar refractivity (Wildman–Crippen MR) is 74.1 cm³/mol. The van der Waals surface area contributed by atoms with Crippen molar-refractivity contribution >= 4 is 12.0 Å². The van der Waals surface area contributed by atoms with Gasteiger partial charge in [-0.2, -0.15) is 0 Å². The molecule has 0 aromatic heterocycles. The van der Waals surface area contributed by atoms with E-state index < -0.39 is 11.5 Å². The number of hydrogen-bond acceptors (Lipinski definition) is 2. The second-order valence-corrected chi connectivity index (χ2v) is 6.07. The highest BCUT2D eigenvalue weighted by molar-refractivity contribution is 5.86. The Morgan fingerprint density at radius 3 is 2.32 bits per heavy atom. The van der Waals surface area contributed by atoms with E-state index in [9.17, 15) is 14.7 Å². The molecule has 0 aromatic carbocycles. The molecule has 1 rings (SSSR count). The van der Waals surface area contributed by atoms with Gasteiger partial charge in [0.05, 0.1) is 0 Å². The molecule has 5 heteroatoms. The van der Waals surface area contributed by atoms with Crippen LogP contribution in [0.3, 0.4) is 0 Å². The summed E-state index contributed by atoms with van der Waals surface area (Å²) in [6, 6.07) is -0.0849. The molecule has 1 aliphatic heterocycles. The Kier molecular flexibility index (Phi) is 4.82. The number of carboxylic acid groups (broad SMARTS) is 1. The third kappa shape index (κ3) is 3.01. The molecule has 1 N–H and O–H groups in total. The summed E-state index contributed by atoms with van der Waals surface area (Å²) in [6.45, 7) is 8.28. The molecular formula is C14H26N2O3. The number of nitrogens with zero attached hydrogens (tertiary/aromatic N) is 2. The molecule has 2 unspecified atom stereocenters. The first-order valence-electron chi connectivity index (χ1n) is 6.99. The van der Waals surface area contributed by atoms with Crippen LogP contribution in [0.25, 0.3) is 0 Å². The van der Waals surface area contributed by atoms with Gasteiger partial charge in [0.1, 0.15) is 5.54 Å². The van der Waals surface area contributed by atoms with Gasteiger partial charge in [0.25, 0.3) is 0 Å². The van der Waals surface area contributed by atoms with E-state index in [0.717, 1.165) is 12.8 Å². The first-order valence-corrected chi connectivity index (χ1v) is 6.99. The van der Waals surface area contributed by atoms with Gasteiger partial charge in [0, 0.05) is 19.6 Å². The number of urea groups is 1. The molecule has 1 heterocycles. The topological polar surface area (TPSA) is 60.9 Å². The third-order valence-electron chi connectivity index (χ3n) is 4.46. The fraction of sp³-hybridized carbons (Fsp3) is 0.857. The van der Waals surface area contributed by atoms with Gasteiger partial charge >= 0.3 is 12.0 Å². The average molecular weight is 270 g/mol. The van der Waals surface area contributed by atoms with Crippen molar-refractivity contribution in [1.29, 1.82) is 0 Å². The smallest absolute Gasteiger partial charge is 0.329 e. The minimum atomic E-state index is -1.07. The summed E-state index contributed by atoms with van der Waals surface area (Å²) in [5, 5.41) is 9.43. The molecule has 110 valence electrons. The standard InChI is InChI=1S/C14H26N2O3/c1-10(2)11(3)15(5)13(19)16-9-7-6-8-14(16,4)12(17)18/h10-11H,6-9H2,1-5H3,(H,17,18). The van der Waals surface area contributed by atoms with Crippen LogP contribution in [0.1, 0.15) is 47.0 Å². The molecule has 0 saturated carbocycles. The highest BCUT2D eigenvalue weighted by Crippen LogP contribution is 2.29. The summed E-state index contributed by atoms with van der Waals surface area (Å²) in [7, 11) is 1.75. The number of rotatable bonds is 3. The summed E-state index contributed by atoms with van der Waals surface area (Å²) in [5.41, 5.74) is -1.07. The number of carboxylic acids is 1. The number of carbonyl (C=O) groups excluding carboxylic acids is 1. The second-order valence-electron chi connectivity index (χ2n) is 6.07. The second kappa shape index (κ2) is 5.80. The lowest BCUT2D eigenvalue weighted by molar-refractivity contribution is -0.150. The van der Waals surface area contributed by atoms with E-state index in [1.807, 2.05) is 6.92 Å². The maximum atomic E-state index is 12.6. The van der Waals surface area contributed by atoms with Crippen LogP contribution in [0.15, 0.2) is 0 Å². The van der Waals surface area contributed by atoms with E-state index >= 15 is 0 Å². The van der Waals surface area contributed by atoms with Crippen molar-refractivity contribution < 1.29 is 14.7 Å². The van der Waals surface area contributed by atoms with Crippen molar-refractivity contribution in [3.8, 4) is 0 Å². The molecule has 0 bridgehead atoms. The Morgan fingerprint density at radius 1 is 1.26 bits per heavy atom. The predicted octanol–water partition coefficient (Wildman–Crippen LogP) is 2.41. The van der Waals surface area contributed by atoms with E-state index in [2.05, 4.69) is 13.8 Å². The van der Waals surface area contributed by atoms with Crippen LogP contribution in [-0.2, 0) is 4.79 Å². The van der Waals surface area contributed by atoms with Gasteiger partial charge in [-0.1, -0.05) is 13.8 Å². The molecule has 2 amide bonds. The summed E-state index contributed by atoms with van der Waals surface area (Å²) >= 11 is 0. The number of carbonyl (C=O) groups is 2. The van der Waals surface area contributed by atoms with Crippen LogP contribution in [0, 0.1) is 5.92 Å². The molecule has 0 aliphatic carbocycles. The third-order valence-corrected chi connectivity index (χ3v) is 4.46. The van der Waals surface area contributed by atoms with Crippen LogP contribution >= 0.6 is 0 Å². The molecule has 0 aromatic rings. The lowest BCUT2D eigenvalue weighted by Gasteiger charge is -2.44. The fourth-order valence-electron chi connectivity index (χ4n) is 2.46. The van der Waals surface area contributed by atoms with Gasteiger partial charge in [0.2, 0.25) is 0 Å². The molecule has 2 atom stereocenters. The SMILES string of the molecule is CC(C)C(C)N(C)C(=O)N1CCCCC1(C)C(=O)O. The van der Waals surface area contributed by atoms with E-state index in [4.69, 9.17) is 0 Å². The number of likely N-dealkylation sites (tertiary alicyclic amines) is 1. The first kappa shape index (κ1) is 15.8. The first-order chi connectivity index (χ1) is 8.71. The molecule has 19 heavy (non-hydrogen) atoms. The van der Waals surface area contributed by atoms with Gasteiger partial charge in [-0.15, -0.1) is 0 Å². The number of piperidine rings is 1. The van der Waals surface area contributed by atoms with Gasteiger partial charge in [-0.05, 0) is 39.0 Å². The van der Waals surface area contributed by atoms with Crippen LogP contribution in [0.4, 0.5) is 4.79 Å². The molecule has 1 aliphatic rings. The molecule has 5 nitrogen and oxygen atoms in total. The van der Waals surface area contributed by atoms with E-state index in [-0.39, 0.29) is 12.1 Å². The molecular weight excluding hydrogens is 244 g/mol. The van der Waals surface area contributed by atoms with E-state index in [1.165, 1.54) is 4.90 Å². The molecule has 1 saturated heterocycles. The van der Waals surface area contributed by atoms with Crippen molar-refractivity contribution in [3.63, 3.8) is 0 Å². The maximum absolute atomic E-state index is 12.6. The zero-order chi connectivity index (χ0) is 14.8. The fourth-order valence-corrected chi connectivity index (χ4v) is 2.46. The highest BCUT2D eigenvalue weighted by Gasteiger charge is 2.45. The summed E-state index contributed by atoms with van der Waals surface area (Å²) < 4.78 is 0. The number of hydrogen-bond donors (Lipinski definition) is 1. The van der Waals surface area contributed by atoms with Gasteiger partial charge in [-0.25, -0.2) is 9.59 Å². The Labute approximate surface area is 115 Å². The van der Waals surface area contributed by atoms with E-state index in [0.29, 0.717) is 18.9 Å². The Hall–Kier alpha value is -1.26. The van der Waals surface area contributed by atoms with Crippen LogP contribution in [-0.4, -0.2) is 52.1 Å². The Morgan fingerprint density at radius 2 is 1.84 bits per heavy atom. The van der Waals surface area contributed by atoms with E-state index in [1.54, 1.807) is 18.9 Å². The van der Waals surface area contributed by atoms with Crippen LogP contribution in [0.2, 0.25) is 0 Å². The monoisotopic (exact) mass is 270 g/mol. The van der Waals surface area contributed by atoms with Gasteiger partial charge < -0.3 is 14.9 Å². The van der Waals surface area contributed by atoms with Crippen molar-refractivity contribution in [1.82, 2.24) is 9.80 Å². The largest absolute Gasteiger partial charge is 0.480 e. The van der Waals surface area contributed by atoms with Crippen molar-refractivity contribution in [2.24, 2.45) is 5.92 Å². The molecule has 0 spiro atoms. The minimum Gasteiger partial charge on any atom is -0.480 e. The quantitative estimate of drug-likeness (QED) is 0.856. The summed E-state index contributed by atoms with van der Waals surface area (Å²) in [4.78, 5) is 27.2. The lowest BCUT2D eigenvalue weighted by Crippen LogP contribution is -2.61. The highest BCUT2D eigenvalue weighted by atomic mass is 16.4. The maximum Gasteiger partial charge on any atom is 0.329 e. The average Bonchev–Trinajstić information content (AvgIpc) is 2.36. The zero-order valence-corrected chi connectivity index (χ0v) is 12.6. The van der Waals surface area contributed by atoms with Crippen LogP contribution < -0.4 is 0 Å². The Bertz CT molecular complexity index is 357. The van der Waals surface area contributed by atoms with Crippen molar-refractivity contribution in [2.75, 3.05) is 13.6 Å². The summed E-state index contributed by atoms with van der Waals surface area (Å²) in [5.74, 6) is -0.569. The van der Waals surface area contributed by atoms with Crippen molar-refractivity contribution in [2.45, 2.75) is 58.5 Å². The minimum absolute atomic E-state index is 0.0903. The normalized spacial score (nSPS) is 25.3. The lowest BCUT2D eigenvalue weighted by atomic mass is 9.88. The molecule has 0 radical (unpaired) electrons. The summed E-state index contributed by atoms with van der Waals surface area (Å²) in [6.07, 6.45) is 2.26. The zero-order valence-electron chi connectivity index (χ0n) is 12.6. The van der Waals surface area contributed by atoms with Crippen LogP contribution in [0.5, 0.6) is 0 Å². The van der Waals surface area contributed by atoms with Crippen molar-refractivity contribution in [3.05, 3.63) is 0 Å².